The molecule has 0 saturated carbocycles. The number of aliphatic hydroxyl groups is 1. The normalized spacial score (nSPS) is 11.8. The summed E-state index contributed by atoms with van der Waals surface area (Å²) in [4.78, 5) is 0. The molecule has 0 heterocycles. The second-order valence-electron chi connectivity index (χ2n) is 3.94. The van der Waals surface area contributed by atoms with E-state index in [4.69, 9.17) is 17.0 Å². The van der Waals surface area contributed by atoms with E-state index in [1.165, 1.54) is 0 Å². The Bertz CT molecular complexity index is 496. The van der Waals surface area contributed by atoms with E-state index in [0.717, 1.165) is 5.56 Å². The molecule has 1 atom stereocenters. The molecule has 0 unspecified atom stereocenters. The fourth-order valence-corrected chi connectivity index (χ4v) is 1.77. The van der Waals surface area contributed by atoms with Gasteiger partial charge in [0.2, 0.25) is 0 Å². The number of hydrogen-bond donors (Lipinski definition) is 1. The Balaban J connectivity index is 1.93. The first kappa shape index (κ1) is 12.7. The molecular formula is C15H14O2S. The van der Waals surface area contributed by atoms with Crippen LogP contribution in [0.2, 0.25) is 0 Å². The molecule has 18 heavy (non-hydrogen) atoms. The molecule has 2 rings (SSSR count). The first-order chi connectivity index (χ1) is 8.75. The Morgan fingerprint density at radius 1 is 1.00 bits per heavy atom. The lowest BCUT2D eigenvalue weighted by molar-refractivity contribution is 0.224. The molecule has 0 radical (unpaired) electrons. The van der Waals surface area contributed by atoms with Crippen LogP contribution in [0.5, 0.6) is 5.75 Å². The molecule has 92 valence electrons. The average Bonchev–Trinajstić information content (AvgIpc) is 2.41. The summed E-state index contributed by atoms with van der Waals surface area (Å²) < 4.78 is 5.43. The first-order valence-electron chi connectivity index (χ1n) is 5.74. The van der Waals surface area contributed by atoms with Gasteiger partial charge in [0.25, 0.3) is 0 Å². The van der Waals surface area contributed by atoms with Crippen LogP contribution >= 0.6 is 12.2 Å². The number of thiocarbonyl (C=S) groups is 1. The van der Waals surface area contributed by atoms with Crippen molar-refractivity contribution in [2.75, 3.05) is 0 Å². The Kier molecular flexibility index (Phi) is 4.45. The lowest BCUT2D eigenvalue weighted by Crippen LogP contribution is -2.25. The highest BCUT2D eigenvalue weighted by Gasteiger charge is 2.13. The molecule has 0 amide bonds. The van der Waals surface area contributed by atoms with Crippen molar-refractivity contribution in [1.82, 2.24) is 0 Å². The number of ether oxygens (including phenoxy) is 1. The molecule has 0 aliphatic rings. The van der Waals surface area contributed by atoms with Crippen molar-refractivity contribution in [3.8, 4) is 5.75 Å². The van der Waals surface area contributed by atoms with Gasteiger partial charge in [0.05, 0.1) is 0 Å². The topological polar surface area (TPSA) is 29.5 Å². The van der Waals surface area contributed by atoms with E-state index >= 15 is 0 Å². The van der Waals surface area contributed by atoms with Crippen LogP contribution < -0.4 is 4.74 Å². The minimum atomic E-state index is -0.775. The highest BCUT2D eigenvalue weighted by Crippen LogP contribution is 2.12. The van der Waals surface area contributed by atoms with Crippen molar-refractivity contribution < 1.29 is 9.84 Å². The van der Waals surface area contributed by atoms with Crippen molar-refractivity contribution in [2.24, 2.45) is 0 Å². The maximum atomic E-state index is 9.97. The van der Waals surface area contributed by atoms with Gasteiger partial charge >= 0.3 is 0 Å². The molecule has 2 nitrogen and oxygen atoms in total. The van der Waals surface area contributed by atoms with Gasteiger partial charge in [-0.1, -0.05) is 48.5 Å². The molecule has 3 heteroatoms. The number of para-hydroxylation sites is 1. The van der Waals surface area contributed by atoms with Gasteiger partial charge in [-0.3, -0.25) is 0 Å². The fourth-order valence-electron chi connectivity index (χ4n) is 1.59. The zero-order valence-electron chi connectivity index (χ0n) is 9.82. The van der Waals surface area contributed by atoms with E-state index in [1.807, 2.05) is 60.7 Å². The number of hydrogen-bond acceptors (Lipinski definition) is 3. The Morgan fingerprint density at radius 3 is 2.17 bits per heavy atom. The molecule has 0 aliphatic carbocycles. The minimum absolute atomic E-state index is 0.199. The maximum Gasteiger partial charge on any atom is 0.196 e. The monoisotopic (exact) mass is 258 g/mol. The van der Waals surface area contributed by atoms with Gasteiger partial charge in [0.15, 0.2) is 5.05 Å². The van der Waals surface area contributed by atoms with Gasteiger partial charge in [0, 0.05) is 6.42 Å². The van der Waals surface area contributed by atoms with Crippen molar-refractivity contribution >= 4 is 17.3 Å². The minimum Gasteiger partial charge on any atom is -0.447 e. The van der Waals surface area contributed by atoms with Crippen LogP contribution in [-0.4, -0.2) is 16.3 Å². The maximum absolute atomic E-state index is 9.97. The molecule has 1 N–H and O–H groups in total. The summed E-state index contributed by atoms with van der Waals surface area (Å²) in [7, 11) is 0. The predicted octanol–water partition coefficient (Wildman–Crippen LogP) is 3.00. The zero-order valence-corrected chi connectivity index (χ0v) is 10.6. The lowest BCUT2D eigenvalue weighted by Gasteiger charge is -2.13. The van der Waals surface area contributed by atoms with Crippen molar-refractivity contribution in [2.45, 2.75) is 12.5 Å². The Labute approximate surface area is 112 Å². The zero-order chi connectivity index (χ0) is 12.8. The SMILES string of the molecule is O[C@@H](Cc1ccccc1)C(=S)Oc1ccccc1. The number of rotatable bonds is 4. The molecule has 2 aromatic rings. The van der Waals surface area contributed by atoms with E-state index in [1.54, 1.807) is 0 Å². The summed E-state index contributed by atoms with van der Waals surface area (Å²) in [5, 5.41) is 10.2. The second-order valence-corrected chi connectivity index (χ2v) is 4.34. The van der Waals surface area contributed by atoms with Crippen molar-refractivity contribution in [1.29, 1.82) is 0 Å². The van der Waals surface area contributed by atoms with Crippen LogP contribution in [0.15, 0.2) is 60.7 Å². The molecule has 0 aliphatic heterocycles. The summed E-state index contributed by atoms with van der Waals surface area (Å²) in [6.45, 7) is 0. The third-order valence-corrected chi connectivity index (χ3v) is 2.86. The molecule has 0 bridgehead atoms. The largest absolute Gasteiger partial charge is 0.447 e. The smallest absolute Gasteiger partial charge is 0.196 e. The van der Waals surface area contributed by atoms with Crippen LogP contribution in [0.3, 0.4) is 0 Å². The van der Waals surface area contributed by atoms with Gasteiger partial charge in [-0.05, 0) is 29.9 Å². The van der Waals surface area contributed by atoms with E-state index in [2.05, 4.69) is 0 Å². The molecule has 0 fully saturated rings. The quantitative estimate of drug-likeness (QED) is 0.855. The second kappa shape index (κ2) is 6.28. The fraction of sp³-hybridized carbons (Fsp3) is 0.133. The van der Waals surface area contributed by atoms with Gasteiger partial charge in [-0.2, -0.15) is 0 Å². The number of aliphatic hydroxyl groups excluding tert-OH is 1. The average molecular weight is 258 g/mol. The van der Waals surface area contributed by atoms with Crippen LogP contribution in [0.25, 0.3) is 0 Å². The van der Waals surface area contributed by atoms with Crippen molar-refractivity contribution in [3.05, 3.63) is 66.2 Å². The molecule has 0 spiro atoms. The van der Waals surface area contributed by atoms with E-state index < -0.39 is 6.10 Å². The summed E-state index contributed by atoms with van der Waals surface area (Å²) in [5.74, 6) is 0.648. The first-order valence-corrected chi connectivity index (χ1v) is 6.15. The molecule has 0 saturated heterocycles. The van der Waals surface area contributed by atoms with Crippen LogP contribution in [0.4, 0.5) is 0 Å². The summed E-state index contributed by atoms with van der Waals surface area (Å²) in [5.41, 5.74) is 1.03. The third-order valence-electron chi connectivity index (χ3n) is 2.51. The molecule has 2 aromatic carbocycles. The van der Waals surface area contributed by atoms with E-state index in [9.17, 15) is 5.11 Å². The predicted molar refractivity (Wildman–Crippen MR) is 75.8 cm³/mol. The van der Waals surface area contributed by atoms with Crippen LogP contribution in [-0.2, 0) is 6.42 Å². The van der Waals surface area contributed by atoms with Crippen LogP contribution in [0, 0.1) is 0 Å². The summed E-state index contributed by atoms with van der Waals surface area (Å²) in [6, 6.07) is 19.0. The molecule has 0 aromatic heterocycles. The third kappa shape index (κ3) is 3.65. The van der Waals surface area contributed by atoms with Gasteiger partial charge in [-0.15, -0.1) is 0 Å². The number of benzene rings is 2. The van der Waals surface area contributed by atoms with Gasteiger partial charge in [-0.25, -0.2) is 0 Å². The summed E-state index contributed by atoms with van der Waals surface area (Å²) >= 11 is 5.09. The van der Waals surface area contributed by atoms with Crippen LogP contribution in [0.1, 0.15) is 5.56 Å². The van der Waals surface area contributed by atoms with Gasteiger partial charge in [0.1, 0.15) is 11.9 Å². The van der Waals surface area contributed by atoms with E-state index in [0.29, 0.717) is 12.2 Å². The van der Waals surface area contributed by atoms with E-state index in [-0.39, 0.29) is 5.05 Å². The van der Waals surface area contributed by atoms with Crippen molar-refractivity contribution in [3.63, 3.8) is 0 Å². The summed E-state index contributed by atoms with van der Waals surface area (Å²) in [6.07, 6.45) is -0.311. The molecular weight excluding hydrogens is 244 g/mol. The van der Waals surface area contributed by atoms with Gasteiger partial charge < -0.3 is 9.84 Å². The Hall–Kier alpha value is -1.71. The highest BCUT2D eigenvalue weighted by molar-refractivity contribution is 7.80. The highest BCUT2D eigenvalue weighted by atomic mass is 32.1. The lowest BCUT2D eigenvalue weighted by atomic mass is 10.1. The standard InChI is InChI=1S/C15H14O2S/c16-14(11-12-7-3-1-4-8-12)15(18)17-13-9-5-2-6-10-13/h1-10,14,16H,11H2/t14-/m0/s1. The Morgan fingerprint density at radius 2 is 1.56 bits per heavy atom.